The summed E-state index contributed by atoms with van der Waals surface area (Å²) >= 11 is 1.49. The van der Waals surface area contributed by atoms with Crippen LogP contribution in [0.15, 0.2) is 23.8 Å². The summed E-state index contributed by atoms with van der Waals surface area (Å²) < 4.78 is 0. The molecule has 2 rings (SSSR count). The molecular weight excluding hydrogens is 252 g/mol. The minimum Gasteiger partial charge on any atom is -0.478 e. The van der Waals surface area contributed by atoms with Crippen LogP contribution < -0.4 is 11.1 Å². The van der Waals surface area contributed by atoms with Crippen LogP contribution in [0.3, 0.4) is 0 Å². The molecule has 1 atom stereocenters. The minimum absolute atomic E-state index is 0.0541. The average Bonchev–Trinajstić information content (AvgIpc) is 2.84. The van der Waals surface area contributed by atoms with Crippen molar-refractivity contribution in [3.8, 4) is 0 Å². The first-order valence-corrected chi connectivity index (χ1v) is 6.10. The number of aromatic nitrogens is 2. The summed E-state index contributed by atoms with van der Waals surface area (Å²) in [6.07, 6.45) is 3.12. The molecule has 94 valence electrons. The molecule has 2 aromatic rings. The third-order valence-electron chi connectivity index (χ3n) is 2.31. The van der Waals surface area contributed by atoms with Gasteiger partial charge in [-0.05, 0) is 13.0 Å². The molecule has 0 aliphatic rings. The van der Waals surface area contributed by atoms with Crippen LogP contribution in [-0.4, -0.2) is 21.0 Å². The number of carbonyl (C=O) groups is 1. The molecule has 0 fully saturated rings. The van der Waals surface area contributed by atoms with Gasteiger partial charge in [0.2, 0.25) is 0 Å². The summed E-state index contributed by atoms with van der Waals surface area (Å²) in [7, 11) is 0. The predicted octanol–water partition coefficient (Wildman–Crippen LogP) is 1.99. The van der Waals surface area contributed by atoms with Gasteiger partial charge < -0.3 is 16.2 Å². The Kier molecular flexibility index (Phi) is 3.42. The second kappa shape index (κ2) is 5.01. The van der Waals surface area contributed by atoms with E-state index in [1.165, 1.54) is 23.6 Å². The first-order valence-electron chi connectivity index (χ1n) is 5.22. The Balaban J connectivity index is 2.26. The Hall–Kier alpha value is -2.15. The highest BCUT2D eigenvalue weighted by atomic mass is 32.1. The Morgan fingerprint density at radius 2 is 2.33 bits per heavy atom. The van der Waals surface area contributed by atoms with E-state index >= 15 is 0 Å². The number of rotatable bonds is 4. The molecular formula is C11H12N4O2S. The number of nitrogens with two attached hydrogens (primary N) is 1. The lowest BCUT2D eigenvalue weighted by Crippen LogP contribution is -2.12. The van der Waals surface area contributed by atoms with Crippen molar-refractivity contribution in [2.75, 3.05) is 11.1 Å². The quantitative estimate of drug-likeness (QED) is 0.780. The zero-order chi connectivity index (χ0) is 13.1. The Bertz CT molecular complexity index is 556. The molecule has 0 radical (unpaired) electrons. The SMILES string of the molecule is CC(Nc1ncc(N)cc1C(=O)O)c1nccs1. The van der Waals surface area contributed by atoms with Crippen LogP contribution in [0.25, 0.3) is 0 Å². The summed E-state index contributed by atoms with van der Waals surface area (Å²) in [5.41, 5.74) is 5.90. The molecule has 1 unspecified atom stereocenters. The molecule has 0 bridgehead atoms. The van der Waals surface area contributed by atoms with Gasteiger partial charge in [0.25, 0.3) is 0 Å². The number of nitrogens with one attached hydrogen (secondary N) is 1. The minimum atomic E-state index is -1.07. The first kappa shape index (κ1) is 12.3. The molecule has 4 N–H and O–H groups in total. The van der Waals surface area contributed by atoms with Gasteiger partial charge in [0, 0.05) is 11.6 Å². The fourth-order valence-corrected chi connectivity index (χ4v) is 2.12. The van der Waals surface area contributed by atoms with Gasteiger partial charge in [-0.15, -0.1) is 11.3 Å². The fourth-order valence-electron chi connectivity index (χ4n) is 1.47. The molecule has 6 nitrogen and oxygen atoms in total. The zero-order valence-electron chi connectivity index (χ0n) is 9.62. The highest BCUT2D eigenvalue weighted by Crippen LogP contribution is 2.23. The Morgan fingerprint density at radius 3 is 2.94 bits per heavy atom. The van der Waals surface area contributed by atoms with E-state index in [1.807, 2.05) is 12.3 Å². The molecule has 0 saturated heterocycles. The molecule has 18 heavy (non-hydrogen) atoms. The van der Waals surface area contributed by atoms with Crippen molar-refractivity contribution in [2.24, 2.45) is 0 Å². The molecule has 7 heteroatoms. The van der Waals surface area contributed by atoms with Gasteiger partial charge in [-0.1, -0.05) is 0 Å². The van der Waals surface area contributed by atoms with E-state index in [2.05, 4.69) is 15.3 Å². The topological polar surface area (TPSA) is 101 Å². The van der Waals surface area contributed by atoms with E-state index < -0.39 is 5.97 Å². The number of aromatic carboxylic acids is 1. The predicted molar refractivity (Wildman–Crippen MR) is 69.8 cm³/mol. The van der Waals surface area contributed by atoms with E-state index in [1.54, 1.807) is 6.20 Å². The molecule has 0 saturated carbocycles. The van der Waals surface area contributed by atoms with Crippen molar-refractivity contribution < 1.29 is 9.90 Å². The van der Waals surface area contributed by atoms with E-state index in [0.29, 0.717) is 11.5 Å². The van der Waals surface area contributed by atoms with Crippen LogP contribution in [0.5, 0.6) is 0 Å². The molecule has 2 heterocycles. The number of anilines is 2. The lowest BCUT2D eigenvalue weighted by atomic mass is 10.2. The summed E-state index contributed by atoms with van der Waals surface area (Å²) in [6, 6.07) is 1.27. The van der Waals surface area contributed by atoms with Crippen LogP contribution >= 0.6 is 11.3 Å². The largest absolute Gasteiger partial charge is 0.478 e. The van der Waals surface area contributed by atoms with E-state index in [9.17, 15) is 4.79 Å². The van der Waals surface area contributed by atoms with Gasteiger partial charge >= 0.3 is 5.97 Å². The third kappa shape index (κ3) is 2.57. The van der Waals surface area contributed by atoms with Crippen molar-refractivity contribution in [1.82, 2.24) is 9.97 Å². The number of thiazole rings is 1. The number of carboxylic acids is 1. The average molecular weight is 264 g/mol. The first-order chi connectivity index (χ1) is 8.58. The highest BCUT2D eigenvalue weighted by molar-refractivity contribution is 7.09. The monoisotopic (exact) mass is 264 g/mol. The molecule has 0 aliphatic carbocycles. The summed E-state index contributed by atoms with van der Waals surface area (Å²) in [5, 5.41) is 14.8. The van der Waals surface area contributed by atoms with Gasteiger partial charge in [0.1, 0.15) is 16.4 Å². The van der Waals surface area contributed by atoms with Gasteiger partial charge in [-0.3, -0.25) is 0 Å². The van der Waals surface area contributed by atoms with Crippen molar-refractivity contribution in [2.45, 2.75) is 13.0 Å². The van der Waals surface area contributed by atoms with Crippen LogP contribution in [0.4, 0.5) is 11.5 Å². The molecule has 2 aromatic heterocycles. The van der Waals surface area contributed by atoms with E-state index in [0.717, 1.165) is 5.01 Å². The summed E-state index contributed by atoms with van der Waals surface area (Å²) in [4.78, 5) is 19.3. The third-order valence-corrected chi connectivity index (χ3v) is 3.27. The zero-order valence-corrected chi connectivity index (χ0v) is 10.4. The normalized spacial score (nSPS) is 12.1. The summed E-state index contributed by atoms with van der Waals surface area (Å²) in [5.74, 6) is -0.775. The maximum Gasteiger partial charge on any atom is 0.339 e. The fraction of sp³-hybridized carbons (Fsp3) is 0.182. The standard InChI is InChI=1S/C11H12N4O2S/c1-6(10-13-2-3-18-10)15-9-8(11(16)17)4-7(12)5-14-9/h2-6H,12H2,1H3,(H,14,15)(H,16,17). The number of pyridine rings is 1. The maximum atomic E-state index is 11.1. The molecule has 0 aliphatic heterocycles. The van der Waals surface area contributed by atoms with E-state index in [4.69, 9.17) is 10.8 Å². The Labute approximate surface area is 108 Å². The number of carboxylic acid groups (broad SMARTS) is 1. The Morgan fingerprint density at radius 1 is 1.56 bits per heavy atom. The molecule has 0 aromatic carbocycles. The van der Waals surface area contributed by atoms with Gasteiger partial charge in [-0.2, -0.15) is 0 Å². The number of hydrogen-bond donors (Lipinski definition) is 3. The second-order valence-corrected chi connectivity index (χ2v) is 4.63. The number of hydrogen-bond acceptors (Lipinski definition) is 6. The highest BCUT2D eigenvalue weighted by Gasteiger charge is 2.15. The summed E-state index contributed by atoms with van der Waals surface area (Å²) in [6.45, 7) is 1.89. The number of nitrogen functional groups attached to an aromatic ring is 1. The van der Waals surface area contributed by atoms with Gasteiger partial charge in [0.05, 0.1) is 17.9 Å². The van der Waals surface area contributed by atoms with Crippen molar-refractivity contribution in [1.29, 1.82) is 0 Å². The number of nitrogens with zero attached hydrogens (tertiary/aromatic N) is 2. The van der Waals surface area contributed by atoms with Gasteiger partial charge in [-0.25, -0.2) is 14.8 Å². The van der Waals surface area contributed by atoms with Crippen molar-refractivity contribution in [3.05, 3.63) is 34.4 Å². The van der Waals surface area contributed by atoms with Crippen LogP contribution in [0, 0.1) is 0 Å². The lowest BCUT2D eigenvalue weighted by molar-refractivity contribution is 0.0697. The molecule has 0 spiro atoms. The van der Waals surface area contributed by atoms with E-state index in [-0.39, 0.29) is 11.6 Å². The second-order valence-electron chi connectivity index (χ2n) is 3.71. The smallest absolute Gasteiger partial charge is 0.339 e. The van der Waals surface area contributed by atoms with Gasteiger partial charge in [0.15, 0.2) is 0 Å². The van der Waals surface area contributed by atoms with Crippen LogP contribution in [-0.2, 0) is 0 Å². The maximum absolute atomic E-state index is 11.1. The molecule has 0 amide bonds. The van der Waals surface area contributed by atoms with Crippen LogP contribution in [0.1, 0.15) is 28.3 Å². The van der Waals surface area contributed by atoms with Crippen molar-refractivity contribution >= 4 is 28.8 Å². The van der Waals surface area contributed by atoms with Crippen molar-refractivity contribution in [3.63, 3.8) is 0 Å². The lowest BCUT2D eigenvalue weighted by Gasteiger charge is -2.13. The van der Waals surface area contributed by atoms with Crippen LogP contribution in [0.2, 0.25) is 0 Å².